The first kappa shape index (κ1) is 21.4. The number of methoxy groups -OCH3 is 1. The van der Waals surface area contributed by atoms with Crippen LogP contribution in [0.25, 0.3) is 11.3 Å². The summed E-state index contributed by atoms with van der Waals surface area (Å²) in [6.07, 6.45) is 3.80. The van der Waals surface area contributed by atoms with Gasteiger partial charge in [-0.25, -0.2) is 4.39 Å². The lowest BCUT2D eigenvalue weighted by molar-refractivity contribution is -0.132. The Kier molecular flexibility index (Phi) is 5.70. The molecule has 0 atom stereocenters. The van der Waals surface area contributed by atoms with Gasteiger partial charge < -0.3 is 14.5 Å². The lowest BCUT2D eigenvalue weighted by atomic mass is 10.1. The zero-order valence-corrected chi connectivity index (χ0v) is 18.9. The molecule has 33 heavy (non-hydrogen) atoms. The molecule has 0 spiro atoms. The summed E-state index contributed by atoms with van der Waals surface area (Å²) in [7, 11) is 1.60. The quantitative estimate of drug-likeness (QED) is 0.575. The first-order chi connectivity index (χ1) is 16.0. The molecule has 1 aliphatic heterocycles. The molecule has 1 amide bonds. The fourth-order valence-electron chi connectivity index (χ4n) is 4.23. The number of benzene rings is 1. The van der Waals surface area contributed by atoms with Gasteiger partial charge >= 0.3 is 0 Å². The minimum atomic E-state index is -0.227. The third kappa shape index (κ3) is 4.53. The van der Waals surface area contributed by atoms with Gasteiger partial charge in [-0.1, -0.05) is 0 Å². The van der Waals surface area contributed by atoms with Crippen LogP contribution < -0.4 is 9.64 Å². The Morgan fingerprint density at radius 2 is 1.94 bits per heavy atom. The van der Waals surface area contributed by atoms with E-state index in [1.54, 1.807) is 32.4 Å². The molecule has 1 saturated carbocycles. The largest absolute Gasteiger partial charge is 0.495 e. The summed E-state index contributed by atoms with van der Waals surface area (Å²) in [4.78, 5) is 17.1. The van der Waals surface area contributed by atoms with Gasteiger partial charge in [0.2, 0.25) is 5.91 Å². The van der Waals surface area contributed by atoms with Crippen molar-refractivity contribution in [1.29, 1.82) is 0 Å². The summed E-state index contributed by atoms with van der Waals surface area (Å²) in [6.45, 7) is 4.55. The number of ether oxygens (including phenoxy) is 1. The molecular weight excluding hydrogens is 423 g/mol. The van der Waals surface area contributed by atoms with Gasteiger partial charge in [0, 0.05) is 49.4 Å². The number of aromatic nitrogens is 4. The number of carbonyl (C=O) groups excluding carboxylic acids is 1. The van der Waals surface area contributed by atoms with Crippen molar-refractivity contribution in [2.75, 3.05) is 38.2 Å². The first-order valence-electron chi connectivity index (χ1n) is 11.3. The number of hydrogen-bond donors (Lipinski definition) is 0. The zero-order chi connectivity index (χ0) is 22.9. The number of halogens is 1. The topological polar surface area (TPSA) is 76.4 Å². The highest BCUT2D eigenvalue weighted by atomic mass is 19.1. The number of piperazine rings is 1. The number of carbonyl (C=O) groups is 1. The molecule has 2 aromatic heterocycles. The number of anilines is 1. The van der Waals surface area contributed by atoms with Crippen LogP contribution >= 0.6 is 0 Å². The third-order valence-electron chi connectivity index (χ3n) is 6.35. The van der Waals surface area contributed by atoms with Crippen LogP contribution in [0.4, 0.5) is 10.2 Å². The SMILES string of the molecule is COc1cnnc(N2CCN(C(=O)Cn3nc(-c4ccc(F)c(C)c4)cc3C3CC3)CC2)c1. The van der Waals surface area contributed by atoms with E-state index in [4.69, 9.17) is 9.84 Å². The molecule has 0 N–H and O–H groups in total. The van der Waals surface area contributed by atoms with Gasteiger partial charge in [-0.05, 0) is 49.6 Å². The fraction of sp³-hybridized carbons (Fsp3) is 0.417. The van der Waals surface area contributed by atoms with Crippen molar-refractivity contribution in [3.63, 3.8) is 0 Å². The molecular formula is C24H27FN6O2. The standard InChI is InChI=1S/C24H27FN6O2/c1-16-11-18(5-6-20(16)25)21-13-22(17-3-4-17)31(28-21)15-24(32)30-9-7-29(8-10-30)23-12-19(33-2)14-26-27-23/h5-6,11-14,17H,3-4,7-10,15H2,1-2H3. The minimum absolute atomic E-state index is 0.0539. The highest BCUT2D eigenvalue weighted by Gasteiger charge is 2.30. The van der Waals surface area contributed by atoms with Crippen molar-refractivity contribution >= 4 is 11.7 Å². The highest BCUT2D eigenvalue weighted by molar-refractivity contribution is 5.76. The molecule has 9 heteroatoms. The van der Waals surface area contributed by atoms with Crippen LogP contribution in [0.2, 0.25) is 0 Å². The maximum atomic E-state index is 13.7. The molecule has 0 radical (unpaired) electrons. The third-order valence-corrected chi connectivity index (χ3v) is 6.35. The summed E-state index contributed by atoms with van der Waals surface area (Å²) in [6, 6.07) is 8.93. The second kappa shape index (κ2) is 8.80. The lowest BCUT2D eigenvalue weighted by Gasteiger charge is -2.35. The van der Waals surface area contributed by atoms with E-state index in [2.05, 4.69) is 21.2 Å². The second-order valence-corrected chi connectivity index (χ2v) is 8.67. The van der Waals surface area contributed by atoms with Crippen LogP contribution in [-0.2, 0) is 11.3 Å². The average molecular weight is 451 g/mol. The molecule has 8 nitrogen and oxygen atoms in total. The Labute approximate surface area is 192 Å². The normalized spacial score (nSPS) is 16.2. The Balaban J connectivity index is 1.27. The van der Waals surface area contributed by atoms with Gasteiger partial charge in [-0.15, -0.1) is 5.10 Å². The molecule has 1 aromatic carbocycles. The summed E-state index contributed by atoms with van der Waals surface area (Å²) >= 11 is 0. The van der Waals surface area contributed by atoms with Crippen molar-refractivity contribution in [2.45, 2.75) is 32.2 Å². The maximum Gasteiger partial charge on any atom is 0.244 e. The number of aryl methyl sites for hydroxylation is 1. The van der Waals surface area contributed by atoms with Gasteiger partial charge in [0.05, 0.1) is 19.0 Å². The molecule has 0 unspecified atom stereocenters. The van der Waals surface area contributed by atoms with Crippen LogP contribution in [0.1, 0.15) is 30.0 Å². The van der Waals surface area contributed by atoms with Gasteiger partial charge in [0.1, 0.15) is 18.1 Å². The lowest BCUT2D eigenvalue weighted by Crippen LogP contribution is -2.50. The molecule has 3 heterocycles. The molecule has 1 aliphatic carbocycles. The van der Waals surface area contributed by atoms with Crippen molar-refractivity contribution in [2.24, 2.45) is 0 Å². The van der Waals surface area contributed by atoms with E-state index in [0.29, 0.717) is 43.4 Å². The molecule has 1 saturated heterocycles. The predicted molar refractivity (Wildman–Crippen MR) is 122 cm³/mol. The second-order valence-electron chi connectivity index (χ2n) is 8.67. The van der Waals surface area contributed by atoms with Crippen molar-refractivity contribution in [3.05, 3.63) is 53.6 Å². The molecule has 0 bridgehead atoms. The van der Waals surface area contributed by atoms with Gasteiger partial charge in [-0.3, -0.25) is 9.48 Å². The van der Waals surface area contributed by atoms with Crippen molar-refractivity contribution < 1.29 is 13.9 Å². The van der Waals surface area contributed by atoms with E-state index in [-0.39, 0.29) is 18.3 Å². The maximum absolute atomic E-state index is 13.7. The molecule has 3 aromatic rings. The number of rotatable bonds is 6. The van der Waals surface area contributed by atoms with Crippen LogP contribution in [-0.4, -0.2) is 64.1 Å². The van der Waals surface area contributed by atoms with Crippen LogP contribution in [0.5, 0.6) is 5.75 Å². The van der Waals surface area contributed by atoms with Crippen LogP contribution in [0.15, 0.2) is 36.5 Å². The van der Waals surface area contributed by atoms with E-state index in [0.717, 1.165) is 35.6 Å². The van der Waals surface area contributed by atoms with E-state index >= 15 is 0 Å². The first-order valence-corrected chi connectivity index (χ1v) is 11.3. The van der Waals surface area contributed by atoms with E-state index in [1.165, 1.54) is 6.07 Å². The molecule has 2 aliphatic rings. The zero-order valence-electron chi connectivity index (χ0n) is 18.9. The van der Waals surface area contributed by atoms with Gasteiger partial charge in [-0.2, -0.15) is 10.2 Å². The Hall–Kier alpha value is -3.49. The summed E-state index contributed by atoms with van der Waals surface area (Å²) in [5.74, 6) is 1.69. The number of hydrogen-bond acceptors (Lipinski definition) is 6. The molecule has 172 valence electrons. The smallest absolute Gasteiger partial charge is 0.244 e. The minimum Gasteiger partial charge on any atom is -0.495 e. The summed E-state index contributed by atoms with van der Waals surface area (Å²) < 4.78 is 20.8. The molecule has 2 fully saturated rings. The average Bonchev–Trinajstić information content (AvgIpc) is 3.61. The van der Waals surface area contributed by atoms with E-state index in [1.807, 2.05) is 15.6 Å². The van der Waals surface area contributed by atoms with Crippen molar-refractivity contribution in [1.82, 2.24) is 24.9 Å². The fourth-order valence-corrected chi connectivity index (χ4v) is 4.23. The Morgan fingerprint density at radius 3 is 2.64 bits per heavy atom. The monoisotopic (exact) mass is 450 g/mol. The molecule has 5 rings (SSSR count). The van der Waals surface area contributed by atoms with Crippen LogP contribution in [0.3, 0.4) is 0 Å². The van der Waals surface area contributed by atoms with E-state index in [9.17, 15) is 9.18 Å². The Morgan fingerprint density at radius 1 is 1.15 bits per heavy atom. The van der Waals surface area contributed by atoms with Gasteiger partial charge in [0.25, 0.3) is 0 Å². The van der Waals surface area contributed by atoms with Crippen molar-refractivity contribution in [3.8, 4) is 17.0 Å². The summed E-state index contributed by atoms with van der Waals surface area (Å²) in [5, 5.41) is 12.9. The van der Waals surface area contributed by atoms with Gasteiger partial charge in [0.15, 0.2) is 5.82 Å². The van der Waals surface area contributed by atoms with E-state index < -0.39 is 0 Å². The summed E-state index contributed by atoms with van der Waals surface area (Å²) in [5.41, 5.74) is 3.33. The highest BCUT2D eigenvalue weighted by Crippen LogP contribution is 2.41. The number of nitrogens with zero attached hydrogens (tertiary/aromatic N) is 6. The van der Waals surface area contributed by atoms with Crippen LogP contribution in [0, 0.1) is 12.7 Å². The Bertz CT molecular complexity index is 1170. The predicted octanol–water partition coefficient (Wildman–Crippen LogP) is 3.02. The number of amides is 1.